The molecule has 0 aromatic heterocycles. The van der Waals surface area contributed by atoms with E-state index in [9.17, 15) is 0 Å². The maximum absolute atomic E-state index is 7.91. The maximum Gasteiger partial charge on any atom is 0.191 e. The van der Waals surface area contributed by atoms with Crippen molar-refractivity contribution >= 4 is 0 Å². The zero-order valence-corrected chi connectivity index (χ0v) is 3.48. The Morgan fingerprint density at radius 1 is 1.14 bits per heavy atom. The van der Waals surface area contributed by atoms with Gasteiger partial charge in [-0.3, -0.25) is 4.70 Å². The Balaban J connectivity index is 0. The Kier molecular flexibility index (Phi) is 5.58. The molecule has 0 fully saturated rings. The summed E-state index contributed by atoms with van der Waals surface area (Å²) in [5.41, 5.74) is 4.49. The molecular formula is C2H8FNO3. The van der Waals surface area contributed by atoms with Crippen molar-refractivity contribution in [2.75, 3.05) is 0 Å². The van der Waals surface area contributed by atoms with E-state index in [0.29, 0.717) is 0 Å². The van der Waals surface area contributed by atoms with Crippen molar-refractivity contribution < 1.29 is 20.0 Å². The van der Waals surface area contributed by atoms with Crippen LogP contribution in [-0.4, -0.2) is 27.8 Å². The SMILES string of the molecule is F.NC(O)C(O)O. The summed E-state index contributed by atoms with van der Waals surface area (Å²) in [5.74, 6) is 0. The molecule has 0 saturated carbocycles. The summed E-state index contributed by atoms with van der Waals surface area (Å²) in [6.07, 6.45) is -3.35. The van der Waals surface area contributed by atoms with Gasteiger partial charge in [0.1, 0.15) is 0 Å². The molecule has 0 spiro atoms. The third-order valence-electron chi connectivity index (χ3n) is 0.305. The molecule has 0 bridgehead atoms. The highest BCUT2D eigenvalue weighted by atomic mass is 19.0. The van der Waals surface area contributed by atoms with Crippen molar-refractivity contribution in [1.29, 1.82) is 0 Å². The lowest BCUT2D eigenvalue weighted by Crippen LogP contribution is -2.33. The van der Waals surface area contributed by atoms with Crippen LogP contribution >= 0.6 is 0 Å². The van der Waals surface area contributed by atoms with Gasteiger partial charge < -0.3 is 21.1 Å². The lowest BCUT2D eigenvalue weighted by atomic mass is 10.6. The van der Waals surface area contributed by atoms with Crippen LogP contribution in [0.15, 0.2) is 0 Å². The van der Waals surface area contributed by atoms with Crippen LogP contribution in [0.2, 0.25) is 0 Å². The van der Waals surface area contributed by atoms with Crippen molar-refractivity contribution in [3.05, 3.63) is 0 Å². The third-order valence-corrected chi connectivity index (χ3v) is 0.305. The standard InChI is InChI=1S/C2H7NO3.FH/c3-1(4)2(5)6;/h1-2,4-6H,3H2;1H. The van der Waals surface area contributed by atoms with E-state index >= 15 is 0 Å². The van der Waals surface area contributed by atoms with Crippen LogP contribution in [-0.2, 0) is 0 Å². The minimum atomic E-state index is -1.81. The first-order chi connectivity index (χ1) is 2.64. The Hall–Kier alpha value is -0.230. The molecular weight excluding hydrogens is 105 g/mol. The molecule has 5 N–H and O–H groups in total. The van der Waals surface area contributed by atoms with Crippen molar-refractivity contribution in [3.8, 4) is 0 Å². The summed E-state index contributed by atoms with van der Waals surface area (Å²) in [4.78, 5) is 0. The van der Waals surface area contributed by atoms with E-state index in [1.54, 1.807) is 0 Å². The second kappa shape index (κ2) is 3.94. The van der Waals surface area contributed by atoms with Gasteiger partial charge in [0.25, 0.3) is 0 Å². The Labute approximate surface area is 39.6 Å². The van der Waals surface area contributed by atoms with E-state index in [1.807, 2.05) is 0 Å². The first kappa shape index (κ1) is 9.91. The van der Waals surface area contributed by atoms with Gasteiger partial charge in [-0.05, 0) is 0 Å². The van der Waals surface area contributed by atoms with Gasteiger partial charge in [0.15, 0.2) is 12.5 Å². The molecule has 0 amide bonds. The Morgan fingerprint density at radius 2 is 1.29 bits per heavy atom. The van der Waals surface area contributed by atoms with Gasteiger partial charge in [0, 0.05) is 0 Å². The van der Waals surface area contributed by atoms with E-state index < -0.39 is 12.5 Å². The smallest absolute Gasteiger partial charge is 0.191 e. The predicted octanol–water partition coefficient (Wildman–Crippen LogP) is -2.27. The zero-order valence-electron chi connectivity index (χ0n) is 3.48. The van der Waals surface area contributed by atoms with Crippen LogP contribution in [0.3, 0.4) is 0 Å². The lowest BCUT2D eigenvalue weighted by molar-refractivity contribution is -0.119. The van der Waals surface area contributed by atoms with Crippen LogP contribution in [0.4, 0.5) is 4.70 Å². The maximum atomic E-state index is 7.91. The summed E-state index contributed by atoms with van der Waals surface area (Å²) in [5, 5.41) is 23.5. The summed E-state index contributed by atoms with van der Waals surface area (Å²) in [6.45, 7) is 0. The number of aliphatic hydroxyl groups is 3. The monoisotopic (exact) mass is 113 g/mol. The number of aliphatic hydroxyl groups excluding tert-OH is 2. The number of nitrogens with two attached hydrogens (primary N) is 1. The van der Waals surface area contributed by atoms with E-state index in [1.165, 1.54) is 0 Å². The van der Waals surface area contributed by atoms with Gasteiger partial charge in [-0.1, -0.05) is 0 Å². The van der Waals surface area contributed by atoms with Crippen LogP contribution in [0.1, 0.15) is 0 Å². The van der Waals surface area contributed by atoms with Gasteiger partial charge >= 0.3 is 0 Å². The number of hydrogen-bond donors (Lipinski definition) is 4. The molecule has 0 heterocycles. The quantitative estimate of drug-likeness (QED) is 0.289. The highest BCUT2D eigenvalue weighted by molar-refractivity contribution is 4.39. The molecule has 5 heteroatoms. The molecule has 0 saturated heterocycles. The molecule has 0 rings (SSSR count). The van der Waals surface area contributed by atoms with E-state index in [-0.39, 0.29) is 4.70 Å². The Bertz CT molecular complexity index is 33.9. The predicted molar refractivity (Wildman–Crippen MR) is 20.9 cm³/mol. The van der Waals surface area contributed by atoms with Crippen LogP contribution in [0, 0.1) is 0 Å². The van der Waals surface area contributed by atoms with Crippen molar-refractivity contribution in [2.24, 2.45) is 5.73 Å². The van der Waals surface area contributed by atoms with Crippen LogP contribution in [0.25, 0.3) is 0 Å². The topological polar surface area (TPSA) is 86.7 Å². The number of hydrogen-bond acceptors (Lipinski definition) is 4. The van der Waals surface area contributed by atoms with Crippen molar-refractivity contribution in [2.45, 2.75) is 12.5 Å². The second-order valence-corrected chi connectivity index (χ2v) is 0.904. The van der Waals surface area contributed by atoms with Gasteiger partial charge in [-0.15, -0.1) is 0 Å². The lowest BCUT2D eigenvalue weighted by Gasteiger charge is -2.02. The largest absolute Gasteiger partial charge is 0.373 e. The van der Waals surface area contributed by atoms with Gasteiger partial charge in [0.2, 0.25) is 0 Å². The third kappa shape index (κ3) is 5.77. The summed E-state index contributed by atoms with van der Waals surface area (Å²) in [6, 6.07) is 0. The normalized spacial score (nSPS) is 13.3. The fourth-order valence-electron chi connectivity index (χ4n) is 0. The number of rotatable bonds is 1. The first-order valence-electron chi connectivity index (χ1n) is 1.44. The minimum Gasteiger partial charge on any atom is -0.373 e. The molecule has 0 aliphatic rings. The summed E-state index contributed by atoms with van der Waals surface area (Å²) >= 11 is 0. The van der Waals surface area contributed by atoms with Crippen LogP contribution in [0.5, 0.6) is 0 Å². The van der Waals surface area contributed by atoms with Gasteiger partial charge in [-0.2, -0.15) is 0 Å². The fraction of sp³-hybridized carbons (Fsp3) is 1.00. The molecule has 0 aliphatic carbocycles. The highest BCUT2D eigenvalue weighted by Crippen LogP contribution is 1.73. The van der Waals surface area contributed by atoms with E-state index in [4.69, 9.17) is 15.3 Å². The minimum absolute atomic E-state index is 0. The highest BCUT2D eigenvalue weighted by Gasteiger charge is 2.02. The molecule has 0 radical (unpaired) electrons. The molecule has 1 atom stereocenters. The molecule has 7 heavy (non-hydrogen) atoms. The average molecular weight is 113 g/mol. The zero-order chi connectivity index (χ0) is 5.15. The summed E-state index contributed by atoms with van der Waals surface area (Å²) < 4.78 is 0. The molecule has 4 nitrogen and oxygen atoms in total. The first-order valence-corrected chi connectivity index (χ1v) is 1.44. The van der Waals surface area contributed by atoms with Crippen molar-refractivity contribution in [3.63, 3.8) is 0 Å². The Morgan fingerprint density at radius 3 is 1.29 bits per heavy atom. The molecule has 46 valence electrons. The molecule has 0 aromatic carbocycles. The average Bonchev–Trinajstić information content (AvgIpc) is 1.36. The molecule has 0 aromatic rings. The number of halogens is 1. The fourth-order valence-corrected chi connectivity index (χ4v) is 0. The van der Waals surface area contributed by atoms with E-state index in [2.05, 4.69) is 5.73 Å². The van der Waals surface area contributed by atoms with E-state index in [0.717, 1.165) is 0 Å². The van der Waals surface area contributed by atoms with Crippen molar-refractivity contribution in [1.82, 2.24) is 0 Å². The summed E-state index contributed by atoms with van der Waals surface area (Å²) in [7, 11) is 0. The molecule has 0 aliphatic heterocycles. The van der Waals surface area contributed by atoms with Crippen LogP contribution < -0.4 is 5.73 Å². The second-order valence-electron chi connectivity index (χ2n) is 0.904. The van der Waals surface area contributed by atoms with Gasteiger partial charge in [-0.25, -0.2) is 0 Å². The van der Waals surface area contributed by atoms with Gasteiger partial charge in [0.05, 0.1) is 0 Å². The molecule has 1 unspecified atom stereocenters.